The molecule has 120 valence electrons. The van der Waals surface area contributed by atoms with E-state index in [0.29, 0.717) is 5.95 Å². The van der Waals surface area contributed by atoms with Crippen molar-refractivity contribution in [2.75, 3.05) is 24.5 Å². The average molecular weight is 312 g/mol. The maximum Gasteiger partial charge on any atom is 0.238 e. The van der Waals surface area contributed by atoms with Crippen LogP contribution in [0.15, 0.2) is 31.0 Å². The third-order valence-electron chi connectivity index (χ3n) is 4.91. The first-order valence-electron chi connectivity index (χ1n) is 7.94. The predicted molar refractivity (Wildman–Crippen MR) is 84.5 cm³/mol. The molecule has 2 aliphatic rings. The lowest BCUT2D eigenvalue weighted by molar-refractivity contribution is -0.139. The van der Waals surface area contributed by atoms with Crippen molar-refractivity contribution in [2.24, 2.45) is 12.5 Å². The van der Waals surface area contributed by atoms with E-state index in [2.05, 4.69) is 19.9 Å². The van der Waals surface area contributed by atoms with Gasteiger partial charge in [-0.3, -0.25) is 14.6 Å². The van der Waals surface area contributed by atoms with Crippen molar-refractivity contribution in [1.82, 2.24) is 24.4 Å². The van der Waals surface area contributed by atoms with Crippen molar-refractivity contribution in [3.05, 3.63) is 36.7 Å². The van der Waals surface area contributed by atoms with E-state index >= 15 is 0 Å². The molecule has 7 nitrogen and oxygen atoms in total. The minimum absolute atomic E-state index is 0.165. The van der Waals surface area contributed by atoms with Gasteiger partial charge in [-0.05, 0) is 25.5 Å². The van der Waals surface area contributed by atoms with Gasteiger partial charge in [-0.2, -0.15) is 0 Å². The van der Waals surface area contributed by atoms with Crippen LogP contribution in [0.1, 0.15) is 18.5 Å². The Labute approximate surface area is 135 Å². The molecular weight excluding hydrogens is 292 g/mol. The lowest BCUT2D eigenvalue weighted by Crippen LogP contribution is -2.67. The topological polar surface area (TPSA) is 67.2 Å². The summed E-state index contributed by atoms with van der Waals surface area (Å²) in [5, 5.41) is 0. The third-order valence-corrected chi connectivity index (χ3v) is 4.91. The number of hydrogen-bond acceptors (Lipinski definition) is 5. The predicted octanol–water partition coefficient (Wildman–Crippen LogP) is 0.839. The Hall–Kier alpha value is -2.28. The number of nitrogens with zero attached hydrogens (tertiary/aromatic N) is 6. The quantitative estimate of drug-likeness (QED) is 0.786. The van der Waals surface area contributed by atoms with E-state index in [-0.39, 0.29) is 11.3 Å². The number of amides is 1. The fourth-order valence-corrected chi connectivity index (χ4v) is 3.66. The molecule has 4 rings (SSSR count). The summed E-state index contributed by atoms with van der Waals surface area (Å²) in [6, 6.07) is 1.76. The maximum atomic E-state index is 12.8. The van der Waals surface area contributed by atoms with Crippen molar-refractivity contribution >= 4 is 11.9 Å². The van der Waals surface area contributed by atoms with Gasteiger partial charge in [0.05, 0.1) is 17.4 Å². The Morgan fingerprint density at radius 3 is 2.78 bits per heavy atom. The van der Waals surface area contributed by atoms with Crippen molar-refractivity contribution in [2.45, 2.75) is 19.4 Å². The van der Waals surface area contributed by atoms with E-state index in [1.165, 1.54) is 5.69 Å². The largest absolute Gasteiger partial charge is 0.337 e. The Balaban J connectivity index is 1.46. The van der Waals surface area contributed by atoms with E-state index < -0.39 is 0 Å². The Kier molecular flexibility index (Phi) is 3.37. The summed E-state index contributed by atoms with van der Waals surface area (Å²) in [6.45, 7) is 3.40. The molecule has 2 fully saturated rings. The molecule has 1 amide bonds. The summed E-state index contributed by atoms with van der Waals surface area (Å²) in [4.78, 5) is 29.4. The highest BCUT2D eigenvalue weighted by molar-refractivity contribution is 6.03. The van der Waals surface area contributed by atoms with Crippen LogP contribution in [-0.4, -0.2) is 50.0 Å². The van der Waals surface area contributed by atoms with Crippen LogP contribution in [0.3, 0.4) is 0 Å². The number of rotatable bonds is 3. The highest BCUT2D eigenvalue weighted by Crippen LogP contribution is 2.41. The lowest BCUT2D eigenvalue weighted by atomic mass is 9.72. The number of imidazole rings is 1. The average Bonchev–Trinajstić information content (AvgIpc) is 2.98. The molecule has 2 aliphatic heterocycles. The van der Waals surface area contributed by atoms with E-state index in [1.54, 1.807) is 23.4 Å². The van der Waals surface area contributed by atoms with Gasteiger partial charge in [0.1, 0.15) is 0 Å². The summed E-state index contributed by atoms with van der Waals surface area (Å²) < 4.78 is 2.04. The normalized spacial score (nSPS) is 24.9. The van der Waals surface area contributed by atoms with Crippen molar-refractivity contribution in [3.63, 3.8) is 0 Å². The zero-order valence-corrected chi connectivity index (χ0v) is 13.2. The van der Waals surface area contributed by atoms with E-state index in [1.807, 2.05) is 24.1 Å². The van der Waals surface area contributed by atoms with Crippen LogP contribution in [-0.2, 0) is 18.4 Å². The molecule has 0 saturated carbocycles. The lowest BCUT2D eigenvalue weighted by Gasteiger charge is -2.52. The van der Waals surface area contributed by atoms with Crippen molar-refractivity contribution in [3.8, 4) is 0 Å². The summed E-state index contributed by atoms with van der Waals surface area (Å²) in [5.41, 5.74) is 0.924. The molecule has 7 heteroatoms. The Morgan fingerprint density at radius 2 is 2.09 bits per heavy atom. The first-order valence-corrected chi connectivity index (χ1v) is 7.94. The van der Waals surface area contributed by atoms with Crippen LogP contribution in [0.25, 0.3) is 0 Å². The van der Waals surface area contributed by atoms with Crippen LogP contribution in [0.4, 0.5) is 5.95 Å². The molecule has 0 aliphatic carbocycles. The number of hydrogen-bond donors (Lipinski definition) is 0. The number of piperidine rings is 1. The minimum Gasteiger partial charge on any atom is -0.337 e. The number of aryl methyl sites for hydroxylation is 1. The molecular formula is C16H20N6O. The number of likely N-dealkylation sites (tertiary alicyclic amines) is 1. The molecule has 1 spiro atoms. The van der Waals surface area contributed by atoms with Crippen LogP contribution in [0.5, 0.6) is 0 Å². The molecule has 2 aromatic rings. The van der Waals surface area contributed by atoms with Crippen LogP contribution in [0.2, 0.25) is 0 Å². The van der Waals surface area contributed by atoms with Gasteiger partial charge < -0.3 is 4.57 Å². The number of β-lactam (4-membered cyclic amide) rings is 1. The second kappa shape index (κ2) is 5.42. The fourth-order valence-electron chi connectivity index (χ4n) is 3.66. The number of carbonyl (C=O) groups excluding carboxylic acids is 1. The first-order chi connectivity index (χ1) is 11.2. The molecule has 0 aromatic carbocycles. The zero-order chi connectivity index (χ0) is 15.9. The van der Waals surface area contributed by atoms with E-state index in [0.717, 1.165) is 39.0 Å². The van der Waals surface area contributed by atoms with Crippen molar-refractivity contribution in [1.29, 1.82) is 0 Å². The van der Waals surface area contributed by atoms with Gasteiger partial charge >= 0.3 is 0 Å². The van der Waals surface area contributed by atoms with Crippen LogP contribution >= 0.6 is 0 Å². The number of aromatic nitrogens is 4. The molecule has 23 heavy (non-hydrogen) atoms. The number of carbonyl (C=O) groups is 1. The third kappa shape index (κ3) is 2.41. The Bertz CT molecular complexity index is 714. The standard InChI is InChI=1S/C16H20N6O/c1-20-12-17-8-13(20)9-21-7-2-4-16(10-21)11-22(14(16)23)15-18-5-3-6-19-15/h3,5-6,8,12H,2,4,7,9-11H2,1H3/t16-/m1/s1. The maximum absolute atomic E-state index is 12.8. The highest BCUT2D eigenvalue weighted by Gasteiger charge is 2.55. The molecule has 0 radical (unpaired) electrons. The monoisotopic (exact) mass is 312 g/mol. The summed E-state index contributed by atoms with van der Waals surface area (Å²) >= 11 is 0. The van der Waals surface area contributed by atoms with Crippen LogP contribution < -0.4 is 4.90 Å². The van der Waals surface area contributed by atoms with E-state index in [4.69, 9.17) is 0 Å². The fraction of sp³-hybridized carbons (Fsp3) is 0.500. The molecule has 2 saturated heterocycles. The molecule has 1 atom stereocenters. The van der Waals surface area contributed by atoms with Gasteiger partial charge in [0.25, 0.3) is 0 Å². The van der Waals surface area contributed by atoms with Gasteiger partial charge in [-0.15, -0.1) is 0 Å². The van der Waals surface area contributed by atoms with Gasteiger partial charge in [0.2, 0.25) is 11.9 Å². The Morgan fingerprint density at radius 1 is 1.26 bits per heavy atom. The van der Waals surface area contributed by atoms with E-state index in [9.17, 15) is 4.79 Å². The van der Waals surface area contributed by atoms with Gasteiger partial charge in [-0.1, -0.05) is 0 Å². The SMILES string of the molecule is Cn1cncc1CN1CCC[C@@]2(C1)CN(c1ncccn1)C2=O. The zero-order valence-electron chi connectivity index (χ0n) is 13.2. The van der Waals surface area contributed by atoms with Crippen molar-refractivity contribution < 1.29 is 4.79 Å². The molecule has 0 bridgehead atoms. The van der Waals surface area contributed by atoms with Gasteiger partial charge in [0.15, 0.2) is 0 Å². The first kappa shape index (κ1) is 14.3. The highest BCUT2D eigenvalue weighted by atomic mass is 16.2. The molecule has 0 N–H and O–H groups in total. The second-order valence-corrected chi connectivity index (χ2v) is 6.53. The summed E-state index contributed by atoms with van der Waals surface area (Å²) in [5.74, 6) is 0.685. The smallest absolute Gasteiger partial charge is 0.238 e. The van der Waals surface area contributed by atoms with Crippen LogP contribution in [0, 0.1) is 5.41 Å². The van der Waals surface area contributed by atoms with Gasteiger partial charge in [0, 0.05) is 45.3 Å². The molecule has 4 heterocycles. The second-order valence-electron chi connectivity index (χ2n) is 6.53. The summed E-state index contributed by atoms with van der Waals surface area (Å²) in [6.07, 6.45) is 9.07. The molecule has 2 aromatic heterocycles. The molecule has 0 unspecified atom stereocenters. The van der Waals surface area contributed by atoms with Gasteiger partial charge in [-0.25, -0.2) is 15.0 Å². The summed E-state index contributed by atoms with van der Waals surface area (Å²) in [7, 11) is 2.00. The number of anilines is 1. The minimum atomic E-state index is -0.254.